The smallest absolute Gasteiger partial charge is 0.136 e. The fourth-order valence-electron chi connectivity index (χ4n) is 0.246. The van der Waals surface area contributed by atoms with E-state index in [9.17, 15) is 0 Å². The Morgan fingerprint density at radius 1 is 1.71 bits per heavy atom. The van der Waals surface area contributed by atoms with Crippen LogP contribution in [0.3, 0.4) is 0 Å². The SMILES string of the molecule is C#CC1=C[N]N=N1. The summed E-state index contributed by atoms with van der Waals surface area (Å²) in [4.78, 5) is 0. The van der Waals surface area contributed by atoms with E-state index in [-0.39, 0.29) is 0 Å². The van der Waals surface area contributed by atoms with Crippen LogP contribution in [0.25, 0.3) is 0 Å². The highest BCUT2D eigenvalue weighted by molar-refractivity contribution is 5.23. The van der Waals surface area contributed by atoms with Crippen LogP contribution in [0.15, 0.2) is 22.2 Å². The maximum atomic E-state index is 4.90. The minimum Gasteiger partial charge on any atom is -0.136 e. The van der Waals surface area contributed by atoms with Gasteiger partial charge in [0.15, 0.2) is 5.70 Å². The van der Waals surface area contributed by atoms with Gasteiger partial charge in [-0.1, -0.05) is 0 Å². The molecule has 0 aromatic rings. The Morgan fingerprint density at radius 3 is 2.86 bits per heavy atom. The zero-order valence-electron chi connectivity index (χ0n) is 3.50. The van der Waals surface area contributed by atoms with E-state index in [0.717, 1.165) is 0 Å². The van der Waals surface area contributed by atoms with E-state index < -0.39 is 0 Å². The number of terminal acetylenes is 1. The molecule has 1 aliphatic rings. The molecule has 3 heteroatoms. The van der Waals surface area contributed by atoms with E-state index in [0.29, 0.717) is 5.70 Å². The second-order valence-corrected chi connectivity index (χ2v) is 0.964. The first-order valence-electron chi connectivity index (χ1n) is 1.71. The Labute approximate surface area is 41.1 Å². The molecule has 0 fully saturated rings. The molecule has 0 N–H and O–H groups in total. The molecule has 0 aromatic carbocycles. The zero-order chi connectivity index (χ0) is 5.11. The van der Waals surface area contributed by atoms with Crippen molar-refractivity contribution in [3.63, 3.8) is 0 Å². The summed E-state index contributed by atoms with van der Waals surface area (Å²) in [5, 5.41) is 6.69. The van der Waals surface area contributed by atoms with E-state index in [4.69, 9.17) is 6.42 Å². The number of nitrogens with zero attached hydrogens (tertiary/aromatic N) is 3. The Morgan fingerprint density at radius 2 is 2.57 bits per heavy atom. The molecule has 0 bridgehead atoms. The van der Waals surface area contributed by atoms with Gasteiger partial charge in [0, 0.05) is 0 Å². The van der Waals surface area contributed by atoms with E-state index >= 15 is 0 Å². The molecule has 0 aromatic heterocycles. The van der Waals surface area contributed by atoms with Gasteiger partial charge in [-0.05, 0) is 11.1 Å². The van der Waals surface area contributed by atoms with Gasteiger partial charge in [-0.15, -0.1) is 17.0 Å². The second-order valence-electron chi connectivity index (χ2n) is 0.964. The van der Waals surface area contributed by atoms with Gasteiger partial charge >= 0.3 is 0 Å². The lowest BCUT2D eigenvalue weighted by Gasteiger charge is -1.66. The Hall–Kier alpha value is -1.30. The molecule has 33 valence electrons. The fourth-order valence-corrected chi connectivity index (χ4v) is 0.246. The molecule has 0 amide bonds. The van der Waals surface area contributed by atoms with E-state index in [1.54, 1.807) is 0 Å². The van der Waals surface area contributed by atoms with Crippen LogP contribution in [0.2, 0.25) is 0 Å². The van der Waals surface area contributed by atoms with Crippen molar-refractivity contribution >= 4 is 0 Å². The van der Waals surface area contributed by atoms with Crippen LogP contribution in [0.1, 0.15) is 0 Å². The van der Waals surface area contributed by atoms with Crippen molar-refractivity contribution in [1.29, 1.82) is 0 Å². The Kier molecular flexibility index (Phi) is 0.794. The minimum atomic E-state index is 0.486. The molecule has 0 aliphatic carbocycles. The topological polar surface area (TPSA) is 38.8 Å². The van der Waals surface area contributed by atoms with Crippen molar-refractivity contribution in [2.24, 2.45) is 10.3 Å². The standard InChI is InChI=1S/C4H2N3/c1-2-4-3-5-7-6-4/h1,3H. The Bertz CT molecular complexity index is 160. The predicted molar refractivity (Wildman–Crippen MR) is 23.9 cm³/mol. The van der Waals surface area contributed by atoms with Crippen LogP contribution in [-0.4, -0.2) is 0 Å². The van der Waals surface area contributed by atoms with Crippen molar-refractivity contribution in [3.8, 4) is 12.3 Å². The first-order chi connectivity index (χ1) is 3.43. The number of allylic oxidation sites excluding steroid dienone is 1. The monoisotopic (exact) mass is 92.0 g/mol. The van der Waals surface area contributed by atoms with Gasteiger partial charge in [-0.2, -0.15) is 0 Å². The molecule has 0 saturated carbocycles. The summed E-state index contributed by atoms with van der Waals surface area (Å²) >= 11 is 0. The van der Waals surface area contributed by atoms with Gasteiger partial charge < -0.3 is 0 Å². The molecular weight excluding hydrogens is 90.1 g/mol. The van der Waals surface area contributed by atoms with Gasteiger partial charge in [-0.3, -0.25) is 0 Å². The molecule has 0 saturated heterocycles. The van der Waals surface area contributed by atoms with Crippen LogP contribution in [-0.2, 0) is 0 Å². The summed E-state index contributed by atoms with van der Waals surface area (Å²) in [7, 11) is 0. The third-order valence-corrected chi connectivity index (χ3v) is 0.532. The first-order valence-corrected chi connectivity index (χ1v) is 1.71. The summed E-state index contributed by atoms with van der Waals surface area (Å²) < 4.78 is 0. The number of hydrogen-bond acceptors (Lipinski definition) is 2. The number of rotatable bonds is 0. The quantitative estimate of drug-likeness (QED) is 0.389. The van der Waals surface area contributed by atoms with E-state index in [1.165, 1.54) is 6.20 Å². The maximum Gasteiger partial charge on any atom is 0.157 e. The summed E-state index contributed by atoms with van der Waals surface area (Å²) in [5.74, 6) is 2.27. The van der Waals surface area contributed by atoms with Gasteiger partial charge in [0.1, 0.15) is 0 Å². The van der Waals surface area contributed by atoms with Crippen molar-refractivity contribution < 1.29 is 0 Å². The number of hydrogen-bond donors (Lipinski definition) is 0. The normalized spacial score (nSPS) is 15.0. The summed E-state index contributed by atoms with van der Waals surface area (Å²) in [5.41, 5.74) is 3.88. The van der Waals surface area contributed by atoms with Crippen LogP contribution in [0.5, 0.6) is 0 Å². The van der Waals surface area contributed by atoms with Crippen LogP contribution in [0, 0.1) is 12.3 Å². The van der Waals surface area contributed by atoms with Crippen molar-refractivity contribution in [2.45, 2.75) is 0 Å². The molecule has 1 aliphatic heterocycles. The highest BCUT2D eigenvalue weighted by Gasteiger charge is 1.92. The highest BCUT2D eigenvalue weighted by Crippen LogP contribution is 1.98. The third kappa shape index (κ3) is 0.578. The molecule has 3 nitrogen and oxygen atoms in total. The lowest BCUT2D eigenvalue weighted by molar-refractivity contribution is 0.904. The van der Waals surface area contributed by atoms with Gasteiger partial charge in [0.25, 0.3) is 0 Å². The molecule has 1 heterocycles. The average Bonchev–Trinajstić information content (AvgIpc) is 2.14. The van der Waals surface area contributed by atoms with Crippen LogP contribution < -0.4 is 5.43 Å². The van der Waals surface area contributed by atoms with Crippen molar-refractivity contribution in [1.82, 2.24) is 5.43 Å². The maximum absolute atomic E-state index is 4.90. The van der Waals surface area contributed by atoms with Gasteiger partial charge in [-0.25, -0.2) is 0 Å². The average molecular weight is 92.1 g/mol. The summed E-state index contributed by atoms with van der Waals surface area (Å²) in [6.07, 6.45) is 6.33. The van der Waals surface area contributed by atoms with Gasteiger partial charge in [0.2, 0.25) is 0 Å². The van der Waals surface area contributed by atoms with Crippen molar-refractivity contribution in [2.75, 3.05) is 0 Å². The molecular formula is C4H2N3. The molecule has 0 atom stereocenters. The molecule has 1 radical (unpaired) electrons. The lowest BCUT2D eigenvalue weighted by Crippen LogP contribution is -1.70. The minimum absolute atomic E-state index is 0.486. The van der Waals surface area contributed by atoms with E-state index in [1.807, 2.05) is 0 Å². The van der Waals surface area contributed by atoms with Crippen LogP contribution in [0.4, 0.5) is 0 Å². The molecule has 7 heavy (non-hydrogen) atoms. The largest absolute Gasteiger partial charge is 0.157 e. The second kappa shape index (κ2) is 1.43. The Balaban J connectivity index is 2.75. The summed E-state index contributed by atoms with van der Waals surface area (Å²) in [6.45, 7) is 0. The third-order valence-electron chi connectivity index (χ3n) is 0.532. The van der Waals surface area contributed by atoms with Gasteiger partial charge in [0.05, 0.1) is 6.20 Å². The first kappa shape index (κ1) is 3.88. The lowest BCUT2D eigenvalue weighted by atomic mass is 10.5. The molecule has 0 unspecified atom stereocenters. The molecule has 0 spiro atoms. The summed E-state index contributed by atoms with van der Waals surface area (Å²) in [6, 6.07) is 0. The van der Waals surface area contributed by atoms with Crippen molar-refractivity contribution in [3.05, 3.63) is 11.9 Å². The van der Waals surface area contributed by atoms with Crippen LogP contribution >= 0.6 is 0 Å². The zero-order valence-corrected chi connectivity index (χ0v) is 3.50. The highest BCUT2D eigenvalue weighted by atomic mass is 15.4. The molecule has 1 rings (SSSR count). The van der Waals surface area contributed by atoms with E-state index in [2.05, 4.69) is 21.7 Å². The fraction of sp³-hybridized carbons (Fsp3) is 0. The predicted octanol–water partition coefficient (Wildman–Crippen LogP) is 0.446.